The van der Waals surface area contributed by atoms with Crippen molar-refractivity contribution in [2.45, 2.75) is 33.0 Å². The fraction of sp³-hybridized carbons (Fsp3) is 0.360. The van der Waals surface area contributed by atoms with Gasteiger partial charge < -0.3 is 14.2 Å². The molecular weight excluding hydrogens is 388 g/mol. The number of ether oxygens (including phenoxy) is 1. The number of hydrogen-bond donors (Lipinski definition) is 0. The molecule has 0 spiro atoms. The second-order valence-electron chi connectivity index (χ2n) is 8.33. The van der Waals surface area contributed by atoms with Gasteiger partial charge in [-0.05, 0) is 49.4 Å². The van der Waals surface area contributed by atoms with Crippen molar-refractivity contribution >= 4 is 5.91 Å². The minimum Gasteiger partial charge on any atom is -0.494 e. The predicted molar refractivity (Wildman–Crippen MR) is 120 cm³/mol. The number of carbonyl (C=O) groups is 1. The molecule has 0 bridgehead atoms. The summed E-state index contributed by atoms with van der Waals surface area (Å²) in [5, 5.41) is 0. The molecule has 2 aliphatic rings. The van der Waals surface area contributed by atoms with E-state index in [1.807, 2.05) is 42.3 Å². The minimum atomic E-state index is 0.0672. The number of amides is 1. The second kappa shape index (κ2) is 8.19. The van der Waals surface area contributed by atoms with Gasteiger partial charge in [0.15, 0.2) is 0 Å². The number of imidazole rings is 1. The third-order valence-corrected chi connectivity index (χ3v) is 6.25. The van der Waals surface area contributed by atoms with E-state index in [0.717, 1.165) is 43.3 Å². The van der Waals surface area contributed by atoms with Crippen LogP contribution in [0.3, 0.4) is 0 Å². The smallest absolute Gasteiger partial charge is 0.253 e. The summed E-state index contributed by atoms with van der Waals surface area (Å²) in [6.07, 6.45) is 2.77. The van der Waals surface area contributed by atoms with E-state index in [9.17, 15) is 4.79 Å². The van der Waals surface area contributed by atoms with Crippen molar-refractivity contribution in [2.24, 2.45) is 0 Å². The molecule has 0 unspecified atom stereocenters. The first-order chi connectivity index (χ1) is 15.1. The third kappa shape index (κ3) is 3.72. The molecular formula is C25H28N4O2. The Morgan fingerprint density at radius 3 is 2.71 bits per heavy atom. The quantitative estimate of drug-likeness (QED) is 0.652. The third-order valence-electron chi connectivity index (χ3n) is 6.25. The Morgan fingerprint density at radius 1 is 1.06 bits per heavy atom. The van der Waals surface area contributed by atoms with Crippen molar-refractivity contribution in [3.05, 3.63) is 71.2 Å². The van der Waals surface area contributed by atoms with Crippen molar-refractivity contribution in [1.82, 2.24) is 19.4 Å². The summed E-state index contributed by atoms with van der Waals surface area (Å²) in [5.41, 5.74) is 5.94. The van der Waals surface area contributed by atoms with Crippen LogP contribution in [0.4, 0.5) is 0 Å². The highest BCUT2D eigenvalue weighted by atomic mass is 16.5. The van der Waals surface area contributed by atoms with Crippen LogP contribution >= 0.6 is 0 Å². The molecule has 0 atom stereocenters. The number of rotatable bonds is 4. The van der Waals surface area contributed by atoms with Gasteiger partial charge in [-0.2, -0.15) is 0 Å². The first-order valence-corrected chi connectivity index (χ1v) is 11.0. The minimum absolute atomic E-state index is 0.0672. The predicted octanol–water partition coefficient (Wildman–Crippen LogP) is 3.59. The van der Waals surface area contributed by atoms with Gasteiger partial charge in [-0.1, -0.05) is 18.2 Å². The second-order valence-corrected chi connectivity index (χ2v) is 8.33. The van der Waals surface area contributed by atoms with Gasteiger partial charge in [0.2, 0.25) is 0 Å². The van der Waals surface area contributed by atoms with Crippen molar-refractivity contribution in [3.8, 4) is 17.0 Å². The molecule has 3 heterocycles. The number of hydrogen-bond acceptors (Lipinski definition) is 4. The Morgan fingerprint density at radius 2 is 1.90 bits per heavy atom. The van der Waals surface area contributed by atoms with Gasteiger partial charge in [0.25, 0.3) is 5.91 Å². The summed E-state index contributed by atoms with van der Waals surface area (Å²) >= 11 is 0. The maximum Gasteiger partial charge on any atom is 0.253 e. The standard InChI is InChI=1S/C25H28N4O2/c1-3-31-20-9-7-18(8-10-20)25(30)28-12-11-24-26-15-23(29(24)14-13-28)21-6-4-5-19-16-27(2)17-22(19)21/h4-10,15H,3,11-14,16-17H2,1-2H3. The average Bonchev–Trinajstić information content (AvgIpc) is 3.29. The summed E-state index contributed by atoms with van der Waals surface area (Å²) in [6, 6.07) is 14.0. The van der Waals surface area contributed by atoms with Crippen LogP contribution in [-0.4, -0.2) is 52.0 Å². The lowest BCUT2D eigenvalue weighted by molar-refractivity contribution is 0.0759. The molecule has 0 saturated heterocycles. The van der Waals surface area contributed by atoms with Crippen molar-refractivity contribution in [2.75, 3.05) is 26.7 Å². The molecule has 1 amide bonds. The van der Waals surface area contributed by atoms with E-state index in [2.05, 4.69) is 34.7 Å². The SMILES string of the molecule is CCOc1ccc(C(=O)N2CCc3ncc(-c4cccc5c4CN(C)C5)n3CC2)cc1. The van der Waals surface area contributed by atoms with Crippen LogP contribution in [0.25, 0.3) is 11.3 Å². The van der Waals surface area contributed by atoms with Gasteiger partial charge in [0.1, 0.15) is 11.6 Å². The fourth-order valence-electron chi connectivity index (χ4n) is 4.72. The van der Waals surface area contributed by atoms with E-state index in [1.54, 1.807) is 0 Å². The molecule has 6 nitrogen and oxygen atoms in total. The lowest BCUT2D eigenvalue weighted by atomic mass is 10.0. The van der Waals surface area contributed by atoms with Crippen LogP contribution < -0.4 is 4.74 Å². The topological polar surface area (TPSA) is 50.6 Å². The van der Waals surface area contributed by atoms with Gasteiger partial charge in [0.05, 0.1) is 18.5 Å². The highest BCUT2D eigenvalue weighted by Crippen LogP contribution is 2.33. The number of aromatic nitrogens is 2. The van der Waals surface area contributed by atoms with E-state index >= 15 is 0 Å². The Bertz CT molecular complexity index is 1100. The van der Waals surface area contributed by atoms with Crippen LogP contribution in [0.15, 0.2) is 48.7 Å². The highest BCUT2D eigenvalue weighted by Gasteiger charge is 2.25. The molecule has 31 heavy (non-hydrogen) atoms. The maximum atomic E-state index is 13.1. The molecule has 2 aromatic carbocycles. The van der Waals surface area contributed by atoms with Gasteiger partial charge in [0, 0.05) is 50.3 Å². The largest absolute Gasteiger partial charge is 0.494 e. The molecule has 160 valence electrons. The fourth-order valence-corrected chi connectivity index (χ4v) is 4.72. The monoisotopic (exact) mass is 416 g/mol. The summed E-state index contributed by atoms with van der Waals surface area (Å²) in [6.45, 7) is 6.65. The maximum absolute atomic E-state index is 13.1. The lowest BCUT2D eigenvalue weighted by Gasteiger charge is -2.20. The molecule has 0 N–H and O–H groups in total. The molecule has 1 aromatic heterocycles. The molecule has 0 radical (unpaired) electrons. The molecule has 2 aliphatic heterocycles. The average molecular weight is 417 g/mol. The Balaban J connectivity index is 1.36. The molecule has 6 heteroatoms. The molecule has 3 aromatic rings. The van der Waals surface area contributed by atoms with Crippen LogP contribution in [-0.2, 0) is 26.1 Å². The van der Waals surface area contributed by atoms with E-state index in [4.69, 9.17) is 9.72 Å². The number of nitrogens with zero attached hydrogens (tertiary/aromatic N) is 4. The molecule has 0 saturated carbocycles. The van der Waals surface area contributed by atoms with Gasteiger partial charge >= 0.3 is 0 Å². The zero-order valence-corrected chi connectivity index (χ0v) is 18.2. The number of benzene rings is 2. The van der Waals surface area contributed by atoms with Crippen LogP contribution in [0, 0.1) is 0 Å². The van der Waals surface area contributed by atoms with Crippen molar-refractivity contribution in [3.63, 3.8) is 0 Å². The van der Waals surface area contributed by atoms with Gasteiger partial charge in [-0.25, -0.2) is 4.98 Å². The first kappa shape index (κ1) is 19.8. The van der Waals surface area contributed by atoms with E-state index in [-0.39, 0.29) is 5.91 Å². The van der Waals surface area contributed by atoms with Crippen molar-refractivity contribution in [1.29, 1.82) is 0 Å². The summed E-state index contributed by atoms with van der Waals surface area (Å²) in [4.78, 5) is 22.1. The zero-order valence-electron chi connectivity index (χ0n) is 18.2. The molecule has 5 rings (SSSR count). The van der Waals surface area contributed by atoms with Crippen molar-refractivity contribution < 1.29 is 9.53 Å². The summed E-state index contributed by atoms with van der Waals surface area (Å²) in [7, 11) is 2.16. The lowest BCUT2D eigenvalue weighted by Crippen LogP contribution is -2.33. The highest BCUT2D eigenvalue weighted by molar-refractivity contribution is 5.94. The van der Waals surface area contributed by atoms with Gasteiger partial charge in [-0.3, -0.25) is 9.69 Å². The Labute approximate surface area is 183 Å². The van der Waals surface area contributed by atoms with Crippen LogP contribution in [0.5, 0.6) is 5.75 Å². The van der Waals surface area contributed by atoms with Crippen LogP contribution in [0.1, 0.15) is 34.2 Å². The van der Waals surface area contributed by atoms with Gasteiger partial charge in [-0.15, -0.1) is 0 Å². The van der Waals surface area contributed by atoms with Crippen LogP contribution in [0.2, 0.25) is 0 Å². The molecule has 0 fully saturated rings. The first-order valence-electron chi connectivity index (χ1n) is 11.0. The van der Waals surface area contributed by atoms with E-state index in [1.165, 1.54) is 16.7 Å². The summed E-state index contributed by atoms with van der Waals surface area (Å²) < 4.78 is 7.80. The zero-order chi connectivity index (χ0) is 21.4. The van der Waals surface area contributed by atoms with E-state index in [0.29, 0.717) is 25.3 Å². The normalized spacial score (nSPS) is 16.0. The Hall–Kier alpha value is -3.12. The Kier molecular flexibility index (Phi) is 5.24. The molecule has 0 aliphatic carbocycles. The van der Waals surface area contributed by atoms with E-state index < -0.39 is 0 Å². The number of carbonyl (C=O) groups excluding carboxylic acids is 1. The summed E-state index contributed by atoms with van der Waals surface area (Å²) in [5.74, 6) is 1.92. The number of fused-ring (bicyclic) bond motifs is 2.